The van der Waals surface area contributed by atoms with Crippen molar-refractivity contribution < 1.29 is 23.2 Å². The van der Waals surface area contributed by atoms with Crippen LogP contribution in [-0.2, 0) is 19.6 Å². The maximum atomic E-state index is 13.1. The van der Waals surface area contributed by atoms with E-state index in [1.54, 1.807) is 5.48 Å². The fourth-order valence-electron chi connectivity index (χ4n) is 5.23. The number of sulfonamides is 1. The molecule has 33 heavy (non-hydrogen) atoms. The Balaban J connectivity index is 1.29. The Labute approximate surface area is 196 Å². The van der Waals surface area contributed by atoms with E-state index in [0.717, 1.165) is 36.9 Å². The molecular weight excluding hydrogens is 442 g/mol. The molecule has 2 atom stereocenters. The van der Waals surface area contributed by atoms with E-state index in [4.69, 9.17) is 9.94 Å². The second-order valence-corrected chi connectivity index (χ2v) is 11.8. The number of anilines is 1. The topological polar surface area (TPSA) is 108 Å². The molecule has 1 saturated carbocycles. The van der Waals surface area contributed by atoms with Gasteiger partial charge in [0.1, 0.15) is 0 Å². The first kappa shape index (κ1) is 24.2. The third kappa shape index (κ3) is 5.77. The van der Waals surface area contributed by atoms with Crippen molar-refractivity contribution in [1.82, 2.24) is 9.79 Å². The highest BCUT2D eigenvalue weighted by molar-refractivity contribution is 7.89. The van der Waals surface area contributed by atoms with Crippen LogP contribution >= 0.6 is 0 Å². The summed E-state index contributed by atoms with van der Waals surface area (Å²) in [5.74, 6) is -1.54. The molecule has 182 valence electrons. The third-order valence-electron chi connectivity index (χ3n) is 7.23. The Morgan fingerprint density at radius 2 is 1.94 bits per heavy atom. The lowest BCUT2D eigenvalue weighted by molar-refractivity contribution is -0.134. The summed E-state index contributed by atoms with van der Waals surface area (Å²) in [7, 11) is -3.60. The molecule has 0 aromatic heterocycles. The van der Waals surface area contributed by atoms with Crippen molar-refractivity contribution in [2.45, 2.75) is 57.1 Å². The Morgan fingerprint density at radius 3 is 2.64 bits per heavy atom. The molecule has 2 aliphatic heterocycles. The highest BCUT2D eigenvalue weighted by atomic mass is 32.2. The van der Waals surface area contributed by atoms with Gasteiger partial charge in [-0.05, 0) is 50.2 Å². The van der Waals surface area contributed by atoms with Crippen LogP contribution in [0.15, 0.2) is 30.3 Å². The molecule has 1 unspecified atom stereocenters. The summed E-state index contributed by atoms with van der Waals surface area (Å²) >= 11 is 0. The minimum absolute atomic E-state index is 0.00739. The summed E-state index contributed by atoms with van der Waals surface area (Å²) in [6, 6.07) is 8.13. The zero-order valence-corrected chi connectivity index (χ0v) is 20.0. The predicted octanol–water partition coefficient (Wildman–Crippen LogP) is 3.01. The summed E-state index contributed by atoms with van der Waals surface area (Å²) in [6.07, 6.45) is 9.11. The number of piperidine rings is 1. The van der Waals surface area contributed by atoms with E-state index in [2.05, 4.69) is 36.5 Å². The third-order valence-corrected chi connectivity index (χ3v) is 9.16. The van der Waals surface area contributed by atoms with E-state index in [0.29, 0.717) is 32.5 Å². The molecule has 0 radical (unpaired) electrons. The van der Waals surface area contributed by atoms with Crippen molar-refractivity contribution in [3.05, 3.63) is 35.9 Å². The Morgan fingerprint density at radius 1 is 1.24 bits per heavy atom. The van der Waals surface area contributed by atoms with Gasteiger partial charge in [-0.25, -0.2) is 18.2 Å². The minimum atomic E-state index is -3.60. The number of fused-ring (bicyclic) bond motifs is 1. The molecule has 3 aliphatic rings. The fourth-order valence-corrected chi connectivity index (χ4v) is 7.09. The van der Waals surface area contributed by atoms with Gasteiger partial charge in [-0.1, -0.05) is 43.2 Å². The van der Waals surface area contributed by atoms with Gasteiger partial charge >= 0.3 is 0 Å². The monoisotopic (exact) mass is 477 g/mol. The van der Waals surface area contributed by atoms with Gasteiger partial charge in [0.15, 0.2) is 0 Å². The van der Waals surface area contributed by atoms with E-state index < -0.39 is 21.8 Å². The molecular formula is C24H35N3O5S. The standard InChI is InChI=1S/C24H35N3O5S/c1-24(13-10-19-8-4-5-9-22(19)25-24)17-32-20-11-14-27(15-12-20)33(30,31)16-21(23(28)26-29)18-6-2-3-7-18/h4-5,8-10,13,18,20-21,25,29H,2-3,6-7,11-12,14-17H2,1H3,(H,26,28)/t21-,24?/m0/s1. The van der Waals surface area contributed by atoms with Crippen molar-refractivity contribution in [1.29, 1.82) is 0 Å². The van der Waals surface area contributed by atoms with Crippen LogP contribution in [-0.4, -0.2) is 60.9 Å². The molecule has 1 amide bonds. The first-order valence-corrected chi connectivity index (χ1v) is 13.5. The molecule has 3 N–H and O–H groups in total. The van der Waals surface area contributed by atoms with Crippen LogP contribution in [0.25, 0.3) is 6.08 Å². The largest absolute Gasteiger partial charge is 0.375 e. The number of hydrogen-bond acceptors (Lipinski definition) is 6. The van der Waals surface area contributed by atoms with E-state index in [1.807, 2.05) is 12.1 Å². The molecule has 2 fully saturated rings. The normalized spacial score (nSPS) is 25.4. The lowest BCUT2D eigenvalue weighted by Gasteiger charge is -2.36. The number of ether oxygens (including phenoxy) is 1. The molecule has 1 aromatic carbocycles. The van der Waals surface area contributed by atoms with Gasteiger partial charge in [-0.2, -0.15) is 0 Å². The second-order valence-electron chi connectivity index (χ2n) is 9.78. The van der Waals surface area contributed by atoms with Crippen molar-refractivity contribution in [3.8, 4) is 0 Å². The smallest absolute Gasteiger partial charge is 0.247 e. The lowest BCUT2D eigenvalue weighted by atomic mass is 9.92. The summed E-state index contributed by atoms with van der Waals surface area (Å²) in [5.41, 5.74) is 3.59. The number of benzene rings is 1. The first-order chi connectivity index (χ1) is 15.8. The summed E-state index contributed by atoms with van der Waals surface area (Å²) in [5, 5.41) is 12.6. The zero-order chi connectivity index (χ0) is 23.5. The molecule has 2 heterocycles. The predicted molar refractivity (Wildman–Crippen MR) is 127 cm³/mol. The van der Waals surface area contributed by atoms with Crippen LogP contribution in [0.2, 0.25) is 0 Å². The molecule has 0 spiro atoms. The average molecular weight is 478 g/mol. The van der Waals surface area contributed by atoms with Crippen molar-refractivity contribution in [3.63, 3.8) is 0 Å². The quantitative estimate of drug-likeness (QED) is 0.392. The zero-order valence-electron chi connectivity index (χ0n) is 19.2. The fraction of sp³-hybridized carbons (Fsp3) is 0.625. The Kier molecular flexibility index (Phi) is 7.43. The number of carbonyl (C=O) groups excluding carboxylic acids is 1. The number of nitrogens with one attached hydrogen (secondary N) is 2. The van der Waals surface area contributed by atoms with E-state index >= 15 is 0 Å². The molecule has 9 heteroatoms. The van der Waals surface area contributed by atoms with Crippen LogP contribution in [0.1, 0.15) is 51.0 Å². The van der Waals surface area contributed by atoms with E-state index in [9.17, 15) is 13.2 Å². The number of hydrogen-bond donors (Lipinski definition) is 3. The molecule has 1 saturated heterocycles. The van der Waals surface area contributed by atoms with Gasteiger partial charge in [0.25, 0.3) is 0 Å². The van der Waals surface area contributed by atoms with Gasteiger partial charge in [0.2, 0.25) is 15.9 Å². The number of amides is 1. The number of carbonyl (C=O) groups is 1. The maximum absolute atomic E-state index is 13.1. The van der Waals surface area contributed by atoms with Crippen LogP contribution in [0, 0.1) is 11.8 Å². The van der Waals surface area contributed by atoms with Crippen LogP contribution in [0.3, 0.4) is 0 Å². The van der Waals surface area contributed by atoms with Crippen molar-refractivity contribution >= 4 is 27.7 Å². The molecule has 0 bridgehead atoms. The van der Waals surface area contributed by atoms with Gasteiger partial charge in [-0.15, -0.1) is 0 Å². The maximum Gasteiger partial charge on any atom is 0.247 e. The Bertz CT molecular complexity index is 968. The number of nitrogens with zero attached hydrogens (tertiary/aromatic N) is 1. The SMILES string of the molecule is CC1(COC2CCN(S(=O)(=O)C[C@H](C(=O)NO)C3CCCC3)CC2)C=Cc2ccccc2N1. The highest BCUT2D eigenvalue weighted by Gasteiger charge is 2.38. The summed E-state index contributed by atoms with van der Waals surface area (Å²) in [6.45, 7) is 3.35. The summed E-state index contributed by atoms with van der Waals surface area (Å²) < 4.78 is 33.8. The highest BCUT2D eigenvalue weighted by Crippen LogP contribution is 2.33. The van der Waals surface area contributed by atoms with Crippen LogP contribution < -0.4 is 10.8 Å². The van der Waals surface area contributed by atoms with Gasteiger partial charge in [-0.3, -0.25) is 10.0 Å². The number of rotatable bonds is 8. The Hall–Kier alpha value is -1.94. The molecule has 8 nitrogen and oxygen atoms in total. The average Bonchev–Trinajstić information content (AvgIpc) is 3.36. The van der Waals surface area contributed by atoms with Gasteiger partial charge < -0.3 is 10.1 Å². The molecule has 4 rings (SSSR count). The summed E-state index contributed by atoms with van der Waals surface area (Å²) in [4.78, 5) is 12.2. The number of para-hydroxylation sites is 1. The van der Waals surface area contributed by atoms with Crippen molar-refractivity contribution in [2.75, 3.05) is 30.8 Å². The van der Waals surface area contributed by atoms with Crippen LogP contribution in [0.5, 0.6) is 0 Å². The first-order valence-electron chi connectivity index (χ1n) is 11.9. The lowest BCUT2D eigenvalue weighted by Crippen LogP contribution is -2.47. The van der Waals surface area contributed by atoms with Gasteiger partial charge in [0, 0.05) is 18.8 Å². The van der Waals surface area contributed by atoms with Crippen molar-refractivity contribution in [2.24, 2.45) is 11.8 Å². The minimum Gasteiger partial charge on any atom is -0.375 e. The van der Waals surface area contributed by atoms with E-state index in [-0.39, 0.29) is 23.3 Å². The van der Waals surface area contributed by atoms with Gasteiger partial charge in [0.05, 0.1) is 29.9 Å². The van der Waals surface area contributed by atoms with Crippen LogP contribution in [0.4, 0.5) is 5.69 Å². The van der Waals surface area contributed by atoms with E-state index in [1.165, 1.54) is 4.31 Å². The molecule has 1 aliphatic carbocycles. The number of hydroxylamine groups is 1. The molecule has 1 aromatic rings. The second kappa shape index (κ2) is 10.1.